The summed E-state index contributed by atoms with van der Waals surface area (Å²) in [6, 6.07) is 5.82. The molecule has 0 aromatic carbocycles. The van der Waals surface area contributed by atoms with Gasteiger partial charge in [0.05, 0.1) is 0 Å². The van der Waals surface area contributed by atoms with Crippen LogP contribution in [0.3, 0.4) is 0 Å². The van der Waals surface area contributed by atoms with Crippen LogP contribution in [-0.2, 0) is 6.42 Å². The average molecular weight is 217 g/mol. The van der Waals surface area contributed by atoms with E-state index in [0.29, 0.717) is 13.0 Å². The quantitative estimate of drug-likeness (QED) is 0.803. The van der Waals surface area contributed by atoms with Crippen LogP contribution in [-0.4, -0.2) is 28.5 Å². The van der Waals surface area contributed by atoms with Crippen molar-refractivity contribution in [3.05, 3.63) is 36.4 Å². The van der Waals surface area contributed by atoms with Crippen molar-refractivity contribution in [3.63, 3.8) is 0 Å². The van der Waals surface area contributed by atoms with E-state index < -0.39 is 0 Å². The number of nitrogens with two attached hydrogens (primary N) is 1. The van der Waals surface area contributed by atoms with Gasteiger partial charge in [-0.05, 0) is 24.7 Å². The number of nitrogens with zero attached hydrogens (tertiary/aromatic N) is 3. The third-order valence-corrected chi connectivity index (χ3v) is 2.35. The van der Waals surface area contributed by atoms with E-state index in [2.05, 4.69) is 15.0 Å². The zero-order valence-corrected chi connectivity index (χ0v) is 9.22. The first-order valence-corrected chi connectivity index (χ1v) is 5.20. The number of anilines is 2. The van der Waals surface area contributed by atoms with Crippen molar-refractivity contribution >= 4 is 11.6 Å². The van der Waals surface area contributed by atoms with Crippen molar-refractivity contribution in [1.82, 2.24) is 15.0 Å². The minimum atomic E-state index is 0.565. The van der Waals surface area contributed by atoms with Crippen molar-refractivity contribution in [1.29, 1.82) is 0 Å². The molecule has 0 amide bonds. The van der Waals surface area contributed by atoms with E-state index in [4.69, 9.17) is 5.73 Å². The fourth-order valence-corrected chi connectivity index (χ4v) is 1.48. The molecule has 0 aliphatic rings. The summed E-state index contributed by atoms with van der Waals surface area (Å²) >= 11 is 0. The van der Waals surface area contributed by atoms with E-state index in [1.807, 2.05) is 36.3 Å². The van der Waals surface area contributed by atoms with Gasteiger partial charge in [0.1, 0.15) is 17.5 Å². The maximum Gasteiger partial charge on any atom is 0.137 e. The fourth-order valence-electron chi connectivity index (χ4n) is 1.48. The molecule has 3 N–H and O–H groups in total. The van der Waals surface area contributed by atoms with E-state index in [-0.39, 0.29) is 0 Å². The molecule has 0 saturated carbocycles. The Kier molecular flexibility index (Phi) is 3.16. The molecule has 2 aromatic heterocycles. The summed E-state index contributed by atoms with van der Waals surface area (Å²) in [5.41, 5.74) is 5.48. The Balaban J connectivity index is 2.23. The number of aromatic nitrogens is 3. The molecule has 0 spiro atoms. The minimum Gasteiger partial charge on any atom is -0.348 e. The number of hydrogen-bond acceptors (Lipinski definition) is 4. The van der Waals surface area contributed by atoms with Gasteiger partial charge < -0.3 is 15.6 Å². The van der Waals surface area contributed by atoms with Gasteiger partial charge >= 0.3 is 0 Å². The van der Waals surface area contributed by atoms with Gasteiger partial charge in [-0.1, -0.05) is 0 Å². The van der Waals surface area contributed by atoms with Crippen molar-refractivity contribution < 1.29 is 0 Å². The maximum atomic E-state index is 5.48. The summed E-state index contributed by atoms with van der Waals surface area (Å²) in [4.78, 5) is 13.7. The summed E-state index contributed by atoms with van der Waals surface area (Å²) in [7, 11) is 1.96. The molecule has 84 valence electrons. The van der Waals surface area contributed by atoms with Crippen molar-refractivity contribution in [2.45, 2.75) is 6.42 Å². The Morgan fingerprint density at radius 1 is 1.44 bits per heavy atom. The van der Waals surface area contributed by atoms with Gasteiger partial charge in [0, 0.05) is 25.9 Å². The molecule has 0 atom stereocenters. The van der Waals surface area contributed by atoms with Crippen LogP contribution in [0, 0.1) is 0 Å². The van der Waals surface area contributed by atoms with Crippen molar-refractivity contribution in [3.8, 4) is 0 Å². The van der Waals surface area contributed by atoms with Gasteiger partial charge in [0.2, 0.25) is 0 Å². The van der Waals surface area contributed by atoms with Crippen LogP contribution in [0.4, 0.5) is 11.6 Å². The molecule has 5 heteroatoms. The summed E-state index contributed by atoms with van der Waals surface area (Å²) in [5.74, 6) is 2.64. The third kappa shape index (κ3) is 2.20. The Labute approximate surface area is 94.3 Å². The van der Waals surface area contributed by atoms with Gasteiger partial charge in [-0.3, -0.25) is 0 Å². The number of rotatable bonds is 4. The molecule has 0 saturated heterocycles. The van der Waals surface area contributed by atoms with Crippen molar-refractivity contribution in [2.75, 3.05) is 18.5 Å². The van der Waals surface area contributed by atoms with Crippen LogP contribution < -0.4 is 10.6 Å². The zero-order chi connectivity index (χ0) is 11.4. The molecule has 0 bridgehead atoms. The second kappa shape index (κ2) is 4.76. The Morgan fingerprint density at radius 3 is 3.00 bits per heavy atom. The number of aromatic amines is 1. The lowest BCUT2D eigenvalue weighted by atomic mass is 10.4. The standard InChI is InChI=1S/C11H15N5/c1-16(10-3-2-7-14-10)11-5-8-13-9(15-11)4-6-12/h2-3,5,7-8,14H,4,6,12H2,1H3. The second-order valence-corrected chi connectivity index (χ2v) is 3.48. The minimum absolute atomic E-state index is 0.565. The van der Waals surface area contributed by atoms with E-state index in [1.165, 1.54) is 0 Å². The highest BCUT2D eigenvalue weighted by Gasteiger charge is 2.06. The normalized spacial score (nSPS) is 10.4. The Bertz CT molecular complexity index is 437. The van der Waals surface area contributed by atoms with E-state index >= 15 is 0 Å². The van der Waals surface area contributed by atoms with Crippen LogP contribution in [0.2, 0.25) is 0 Å². The number of nitrogens with one attached hydrogen (secondary N) is 1. The maximum absolute atomic E-state index is 5.48. The number of hydrogen-bond donors (Lipinski definition) is 2. The summed E-state index contributed by atoms with van der Waals surface area (Å²) in [5, 5.41) is 0. The van der Waals surface area contributed by atoms with Crippen molar-refractivity contribution in [2.24, 2.45) is 5.73 Å². The largest absolute Gasteiger partial charge is 0.348 e. The topological polar surface area (TPSA) is 70.8 Å². The summed E-state index contributed by atoms with van der Waals surface area (Å²) in [6.45, 7) is 0.565. The molecular weight excluding hydrogens is 202 g/mol. The number of H-pyrrole nitrogens is 1. The predicted octanol–water partition coefficient (Wildman–Crippen LogP) is 1.07. The van der Waals surface area contributed by atoms with Gasteiger partial charge in [0.15, 0.2) is 0 Å². The van der Waals surface area contributed by atoms with Gasteiger partial charge in [-0.15, -0.1) is 0 Å². The predicted molar refractivity (Wildman–Crippen MR) is 63.6 cm³/mol. The summed E-state index contributed by atoms with van der Waals surface area (Å²) < 4.78 is 0. The monoisotopic (exact) mass is 217 g/mol. The molecule has 2 rings (SSSR count). The van der Waals surface area contributed by atoms with Crippen LogP contribution in [0.25, 0.3) is 0 Å². The molecule has 2 aromatic rings. The molecule has 2 heterocycles. The lowest BCUT2D eigenvalue weighted by Gasteiger charge is -2.16. The first-order chi connectivity index (χ1) is 7.81. The highest BCUT2D eigenvalue weighted by Crippen LogP contribution is 2.18. The van der Waals surface area contributed by atoms with E-state index in [0.717, 1.165) is 17.5 Å². The SMILES string of the molecule is CN(c1ccnc(CCN)n1)c1ccc[nH]1. The van der Waals surface area contributed by atoms with Crippen LogP contribution in [0.5, 0.6) is 0 Å². The molecule has 0 radical (unpaired) electrons. The molecule has 0 fully saturated rings. The van der Waals surface area contributed by atoms with Gasteiger partial charge in [-0.25, -0.2) is 9.97 Å². The van der Waals surface area contributed by atoms with E-state index in [1.54, 1.807) is 6.20 Å². The van der Waals surface area contributed by atoms with E-state index in [9.17, 15) is 0 Å². The fraction of sp³-hybridized carbons (Fsp3) is 0.273. The Hall–Kier alpha value is -1.88. The first-order valence-electron chi connectivity index (χ1n) is 5.20. The first kappa shape index (κ1) is 10.6. The second-order valence-electron chi connectivity index (χ2n) is 3.48. The third-order valence-electron chi connectivity index (χ3n) is 2.35. The molecular formula is C11H15N5. The highest BCUT2D eigenvalue weighted by atomic mass is 15.2. The molecule has 0 aliphatic heterocycles. The summed E-state index contributed by atoms with van der Waals surface area (Å²) in [6.07, 6.45) is 4.34. The Morgan fingerprint density at radius 2 is 2.31 bits per heavy atom. The molecule has 16 heavy (non-hydrogen) atoms. The van der Waals surface area contributed by atoms with Gasteiger partial charge in [-0.2, -0.15) is 0 Å². The lowest BCUT2D eigenvalue weighted by molar-refractivity contribution is 0.861. The van der Waals surface area contributed by atoms with Crippen LogP contribution in [0.15, 0.2) is 30.6 Å². The highest BCUT2D eigenvalue weighted by molar-refractivity contribution is 5.54. The smallest absolute Gasteiger partial charge is 0.137 e. The lowest BCUT2D eigenvalue weighted by Crippen LogP contribution is -2.14. The van der Waals surface area contributed by atoms with Crippen LogP contribution in [0.1, 0.15) is 5.82 Å². The molecule has 0 aliphatic carbocycles. The molecule has 0 unspecified atom stereocenters. The molecule has 5 nitrogen and oxygen atoms in total. The average Bonchev–Trinajstić information content (AvgIpc) is 2.82. The van der Waals surface area contributed by atoms with Gasteiger partial charge in [0.25, 0.3) is 0 Å². The zero-order valence-electron chi connectivity index (χ0n) is 9.22. The van der Waals surface area contributed by atoms with Crippen LogP contribution >= 0.6 is 0 Å².